The van der Waals surface area contributed by atoms with Crippen LogP contribution in [0.15, 0.2) is 17.6 Å². The zero-order chi connectivity index (χ0) is 15.5. The van der Waals surface area contributed by atoms with Gasteiger partial charge in [-0.3, -0.25) is 14.4 Å². The van der Waals surface area contributed by atoms with E-state index in [1.54, 1.807) is 22.2 Å². The van der Waals surface area contributed by atoms with E-state index in [0.717, 1.165) is 48.9 Å². The molecule has 1 N–H and O–H groups in total. The van der Waals surface area contributed by atoms with Crippen LogP contribution >= 0.6 is 11.3 Å². The van der Waals surface area contributed by atoms with Crippen LogP contribution in [0.3, 0.4) is 0 Å². The Balaban J connectivity index is 1.68. The van der Waals surface area contributed by atoms with Gasteiger partial charge in [0.15, 0.2) is 0 Å². The van der Waals surface area contributed by atoms with E-state index in [1.807, 2.05) is 13.0 Å². The Bertz CT molecular complexity index is 652. The first kappa shape index (κ1) is 15.2. The molecule has 3 rings (SSSR count). The molecule has 1 fully saturated rings. The molecule has 22 heavy (non-hydrogen) atoms. The number of carboxylic acid groups (broad SMARTS) is 1. The number of likely N-dealkylation sites (tertiary alicyclic amines) is 1. The quantitative estimate of drug-likeness (QED) is 0.913. The van der Waals surface area contributed by atoms with Crippen molar-refractivity contribution in [1.82, 2.24) is 19.7 Å². The van der Waals surface area contributed by atoms with Gasteiger partial charge in [-0.15, -0.1) is 11.3 Å². The summed E-state index contributed by atoms with van der Waals surface area (Å²) in [6.07, 6.45) is 3.89. The largest absolute Gasteiger partial charge is 0.480 e. The number of aromatic nitrogens is 3. The highest BCUT2D eigenvalue weighted by atomic mass is 32.1. The second-order valence-corrected chi connectivity index (χ2v) is 6.80. The van der Waals surface area contributed by atoms with Crippen molar-refractivity contribution in [3.8, 4) is 0 Å². The molecule has 0 amide bonds. The van der Waals surface area contributed by atoms with Crippen LogP contribution in [0, 0.1) is 6.92 Å². The Morgan fingerprint density at radius 1 is 1.55 bits per heavy atom. The monoisotopic (exact) mass is 320 g/mol. The number of rotatable bonds is 5. The molecule has 3 heterocycles. The van der Waals surface area contributed by atoms with Gasteiger partial charge < -0.3 is 5.11 Å². The summed E-state index contributed by atoms with van der Waals surface area (Å²) in [6, 6.07) is 1.95. The van der Waals surface area contributed by atoms with Crippen LogP contribution in [0.1, 0.15) is 35.2 Å². The van der Waals surface area contributed by atoms with E-state index < -0.39 is 5.97 Å². The summed E-state index contributed by atoms with van der Waals surface area (Å²) in [5.41, 5.74) is 2.16. The van der Waals surface area contributed by atoms with Gasteiger partial charge in [-0.05, 0) is 32.4 Å². The highest BCUT2D eigenvalue weighted by Crippen LogP contribution is 2.27. The van der Waals surface area contributed by atoms with Gasteiger partial charge in [-0.2, -0.15) is 5.10 Å². The van der Waals surface area contributed by atoms with Gasteiger partial charge in [0, 0.05) is 36.3 Å². The van der Waals surface area contributed by atoms with Gasteiger partial charge in [-0.25, -0.2) is 4.98 Å². The molecule has 1 aliphatic heterocycles. The van der Waals surface area contributed by atoms with Crippen molar-refractivity contribution in [1.29, 1.82) is 0 Å². The van der Waals surface area contributed by atoms with Crippen molar-refractivity contribution >= 4 is 17.3 Å². The summed E-state index contributed by atoms with van der Waals surface area (Å²) < 4.78 is 1.61. The Morgan fingerprint density at radius 3 is 3.14 bits per heavy atom. The third-order valence-electron chi connectivity index (χ3n) is 4.01. The minimum absolute atomic E-state index is 0.0654. The Hall–Kier alpha value is -1.73. The normalized spacial score (nSPS) is 19.4. The van der Waals surface area contributed by atoms with Crippen LogP contribution in [0.5, 0.6) is 0 Å². The fourth-order valence-corrected chi connectivity index (χ4v) is 3.70. The second kappa shape index (κ2) is 6.58. The first-order chi connectivity index (χ1) is 10.6. The number of carboxylic acids is 1. The summed E-state index contributed by atoms with van der Waals surface area (Å²) in [4.78, 5) is 17.9. The zero-order valence-electron chi connectivity index (χ0n) is 12.6. The highest BCUT2D eigenvalue weighted by Gasteiger charge is 2.24. The second-order valence-electron chi connectivity index (χ2n) is 5.74. The summed E-state index contributed by atoms with van der Waals surface area (Å²) in [7, 11) is 0. The maximum absolute atomic E-state index is 10.9. The minimum Gasteiger partial charge on any atom is -0.480 e. The smallest absolute Gasteiger partial charge is 0.325 e. The summed E-state index contributed by atoms with van der Waals surface area (Å²) >= 11 is 1.68. The molecule has 0 radical (unpaired) electrons. The first-order valence-electron chi connectivity index (χ1n) is 7.48. The number of carbonyl (C=O) groups is 1. The molecule has 0 aromatic carbocycles. The standard InChI is InChI=1S/C15H20N4O2S/c1-11-17-13(10-22-11)8-18-6-2-3-12(7-18)14-4-5-16-19(14)9-15(20)21/h4-5,10,12H,2-3,6-9H2,1H3,(H,20,21). The fraction of sp³-hybridized carbons (Fsp3) is 0.533. The van der Waals surface area contributed by atoms with E-state index in [-0.39, 0.29) is 6.54 Å². The van der Waals surface area contributed by atoms with Crippen molar-refractivity contribution in [2.24, 2.45) is 0 Å². The topological polar surface area (TPSA) is 71.2 Å². The van der Waals surface area contributed by atoms with Gasteiger partial charge in [0.05, 0.1) is 10.7 Å². The van der Waals surface area contributed by atoms with Crippen LogP contribution in [-0.4, -0.2) is 43.8 Å². The lowest BCUT2D eigenvalue weighted by Gasteiger charge is -2.32. The number of hydrogen-bond acceptors (Lipinski definition) is 5. The molecule has 1 unspecified atom stereocenters. The maximum atomic E-state index is 10.9. The van der Waals surface area contributed by atoms with Crippen molar-refractivity contribution in [3.05, 3.63) is 34.0 Å². The third-order valence-corrected chi connectivity index (χ3v) is 4.83. The first-order valence-corrected chi connectivity index (χ1v) is 8.36. The molecule has 6 nitrogen and oxygen atoms in total. The van der Waals surface area contributed by atoms with Crippen molar-refractivity contribution < 1.29 is 9.90 Å². The fourth-order valence-electron chi connectivity index (χ4n) is 3.10. The Morgan fingerprint density at radius 2 is 2.41 bits per heavy atom. The molecule has 1 saturated heterocycles. The van der Waals surface area contributed by atoms with Crippen LogP contribution in [0.4, 0.5) is 0 Å². The number of nitrogens with zero attached hydrogens (tertiary/aromatic N) is 4. The predicted octanol–water partition coefficient (Wildman–Crippen LogP) is 2.11. The van der Waals surface area contributed by atoms with Crippen LogP contribution in [-0.2, 0) is 17.9 Å². The zero-order valence-corrected chi connectivity index (χ0v) is 13.4. The molecule has 0 saturated carbocycles. The Labute approximate surface area is 133 Å². The van der Waals surface area contributed by atoms with Gasteiger partial charge in [-0.1, -0.05) is 0 Å². The lowest BCUT2D eigenvalue weighted by molar-refractivity contribution is -0.137. The van der Waals surface area contributed by atoms with Crippen LogP contribution < -0.4 is 0 Å². The third kappa shape index (κ3) is 3.53. The Kier molecular flexibility index (Phi) is 4.54. The van der Waals surface area contributed by atoms with E-state index in [4.69, 9.17) is 5.11 Å². The molecule has 0 spiro atoms. The predicted molar refractivity (Wildman–Crippen MR) is 84.0 cm³/mol. The molecule has 2 aromatic heterocycles. The van der Waals surface area contributed by atoms with Crippen molar-refractivity contribution in [2.45, 2.75) is 38.8 Å². The number of aliphatic carboxylic acids is 1. The minimum atomic E-state index is -0.851. The number of aryl methyl sites for hydroxylation is 1. The van der Waals surface area contributed by atoms with Gasteiger partial charge >= 0.3 is 5.97 Å². The molecule has 7 heteroatoms. The van der Waals surface area contributed by atoms with Crippen molar-refractivity contribution in [2.75, 3.05) is 13.1 Å². The molecular weight excluding hydrogens is 300 g/mol. The molecule has 1 aliphatic rings. The maximum Gasteiger partial charge on any atom is 0.325 e. The average Bonchev–Trinajstić information content (AvgIpc) is 3.08. The lowest BCUT2D eigenvalue weighted by Crippen LogP contribution is -2.35. The average molecular weight is 320 g/mol. The molecule has 0 aliphatic carbocycles. The molecule has 118 valence electrons. The van der Waals surface area contributed by atoms with E-state index in [1.165, 1.54) is 0 Å². The lowest BCUT2D eigenvalue weighted by atomic mass is 9.94. The van der Waals surface area contributed by atoms with Crippen LogP contribution in [0.2, 0.25) is 0 Å². The van der Waals surface area contributed by atoms with E-state index in [9.17, 15) is 4.79 Å². The van der Waals surface area contributed by atoms with E-state index >= 15 is 0 Å². The summed E-state index contributed by atoms with van der Waals surface area (Å²) in [5.74, 6) is -0.508. The summed E-state index contributed by atoms with van der Waals surface area (Å²) in [6.45, 7) is 4.83. The van der Waals surface area contributed by atoms with Gasteiger partial charge in [0.1, 0.15) is 6.54 Å². The molecule has 2 aromatic rings. The van der Waals surface area contributed by atoms with E-state index in [2.05, 4.69) is 20.4 Å². The molecular formula is C15H20N4O2S. The summed E-state index contributed by atoms with van der Waals surface area (Å²) in [5, 5.41) is 16.3. The molecule has 0 bridgehead atoms. The number of piperidine rings is 1. The highest BCUT2D eigenvalue weighted by molar-refractivity contribution is 7.09. The van der Waals surface area contributed by atoms with Crippen LogP contribution in [0.25, 0.3) is 0 Å². The van der Waals surface area contributed by atoms with Gasteiger partial charge in [0.25, 0.3) is 0 Å². The number of hydrogen-bond donors (Lipinski definition) is 1. The van der Waals surface area contributed by atoms with E-state index in [0.29, 0.717) is 5.92 Å². The van der Waals surface area contributed by atoms with Gasteiger partial charge in [0.2, 0.25) is 0 Å². The molecule has 1 atom stereocenters. The number of thiazole rings is 1. The SMILES string of the molecule is Cc1nc(CN2CCCC(c3ccnn3CC(=O)O)C2)cs1. The van der Waals surface area contributed by atoms with Crippen molar-refractivity contribution in [3.63, 3.8) is 0 Å².